The van der Waals surface area contributed by atoms with Gasteiger partial charge in [0.15, 0.2) is 5.76 Å². The van der Waals surface area contributed by atoms with Crippen LogP contribution >= 0.6 is 0 Å². The molecule has 1 aromatic heterocycles. The number of hydrogen-bond acceptors (Lipinski definition) is 5. The van der Waals surface area contributed by atoms with Crippen LogP contribution in [0.25, 0.3) is 0 Å². The van der Waals surface area contributed by atoms with E-state index in [-0.39, 0.29) is 23.3 Å². The Morgan fingerprint density at radius 1 is 1.24 bits per heavy atom. The molecule has 0 unspecified atom stereocenters. The monoisotopic (exact) mass is 473 g/mol. The molecule has 11 heteroatoms. The molecule has 4 heterocycles. The molecule has 3 fully saturated rings. The summed E-state index contributed by atoms with van der Waals surface area (Å²) < 4.78 is 37.2. The number of aliphatic carboxylic acids is 1. The van der Waals surface area contributed by atoms with Crippen LogP contribution in [-0.4, -0.2) is 77.1 Å². The van der Waals surface area contributed by atoms with E-state index in [1.165, 1.54) is 0 Å². The number of carbonyl (C=O) groups is 3. The highest BCUT2D eigenvalue weighted by Crippen LogP contribution is 2.44. The predicted molar refractivity (Wildman–Crippen MR) is 111 cm³/mol. The number of carboxylic acid groups (broad SMARTS) is 1. The largest absolute Gasteiger partial charge is 0.490 e. The minimum atomic E-state index is -5.08. The van der Waals surface area contributed by atoms with Crippen LogP contribution < -0.4 is 5.32 Å². The Hall–Kier alpha value is -2.56. The first-order chi connectivity index (χ1) is 15.3. The Morgan fingerprint density at radius 2 is 1.85 bits per heavy atom. The van der Waals surface area contributed by atoms with Crippen LogP contribution in [0.15, 0.2) is 16.5 Å². The lowest BCUT2D eigenvalue weighted by Gasteiger charge is -2.42. The van der Waals surface area contributed by atoms with E-state index in [0.29, 0.717) is 30.7 Å². The molecule has 3 aliphatic rings. The summed E-state index contributed by atoms with van der Waals surface area (Å²) in [5.74, 6) is -0.318. The second-order valence-electron chi connectivity index (χ2n) is 9.48. The summed E-state index contributed by atoms with van der Waals surface area (Å²) in [5, 5.41) is 10.4. The van der Waals surface area contributed by atoms with Crippen molar-refractivity contribution in [3.8, 4) is 0 Å². The van der Waals surface area contributed by atoms with Crippen LogP contribution in [0.2, 0.25) is 0 Å². The van der Waals surface area contributed by atoms with Crippen LogP contribution in [0.4, 0.5) is 13.2 Å². The number of nitrogens with one attached hydrogen (secondary N) is 1. The van der Waals surface area contributed by atoms with Gasteiger partial charge >= 0.3 is 12.1 Å². The molecular weight excluding hydrogens is 443 g/mol. The molecule has 0 aromatic carbocycles. The third-order valence-corrected chi connectivity index (χ3v) is 6.57. The number of halogens is 3. The van der Waals surface area contributed by atoms with Gasteiger partial charge in [-0.3, -0.25) is 9.59 Å². The average Bonchev–Trinajstić information content (AvgIpc) is 3.39. The van der Waals surface area contributed by atoms with E-state index in [1.54, 1.807) is 6.07 Å². The number of carbonyl (C=O) groups excluding carboxylic acids is 2. The second kappa shape index (κ2) is 9.36. The van der Waals surface area contributed by atoms with Gasteiger partial charge in [-0.1, -0.05) is 13.8 Å². The van der Waals surface area contributed by atoms with Crippen molar-refractivity contribution in [3.05, 3.63) is 23.7 Å². The fraction of sp³-hybridized carbons (Fsp3) is 0.682. The molecule has 3 saturated heterocycles. The molecule has 2 atom stereocenters. The first-order valence-corrected chi connectivity index (χ1v) is 11.0. The summed E-state index contributed by atoms with van der Waals surface area (Å²) in [6, 6.07) is 3.57. The SMILES string of the molecule is Cc1ccc(C(=O)N2CCC3(CC2)NC(=O)[C@@H]2CN(CC(C)C)C[C@@H]23)o1.O=C(O)C(F)(F)F. The number of nitrogens with zero attached hydrogens (tertiary/aromatic N) is 2. The topological polar surface area (TPSA) is 103 Å². The predicted octanol–water partition coefficient (Wildman–Crippen LogP) is 2.53. The average molecular weight is 473 g/mol. The molecule has 0 saturated carbocycles. The van der Waals surface area contributed by atoms with E-state index in [2.05, 4.69) is 24.1 Å². The summed E-state index contributed by atoms with van der Waals surface area (Å²) in [4.78, 5) is 38.4. The number of hydrogen-bond donors (Lipinski definition) is 2. The zero-order valence-electron chi connectivity index (χ0n) is 18.9. The molecule has 2 N–H and O–H groups in total. The molecular formula is C22H30F3N3O5. The molecule has 33 heavy (non-hydrogen) atoms. The van der Waals surface area contributed by atoms with Gasteiger partial charge < -0.3 is 24.6 Å². The molecule has 8 nitrogen and oxygen atoms in total. The van der Waals surface area contributed by atoms with Gasteiger partial charge in [0.2, 0.25) is 5.91 Å². The lowest BCUT2D eigenvalue weighted by atomic mass is 9.75. The molecule has 0 bridgehead atoms. The molecule has 1 spiro atoms. The number of alkyl halides is 3. The molecule has 0 radical (unpaired) electrons. The zero-order chi connectivity index (χ0) is 24.6. The van der Waals surface area contributed by atoms with Gasteiger partial charge in [0.1, 0.15) is 5.76 Å². The van der Waals surface area contributed by atoms with E-state index in [9.17, 15) is 22.8 Å². The highest BCUT2D eigenvalue weighted by molar-refractivity contribution is 5.91. The van der Waals surface area contributed by atoms with Gasteiger partial charge in [-0.25, -0.2) is 4.79 Å². The summed E-state index contributed by atoms with van der Waals surface area (Å²) in [6.07, 6.45) is -3.41. The van der Waals surface area contributed by atoms with Crippen LogP contribution in [0, 0.1) is 24.7 Å². The van der Waals surface area contributed by atoms with Crippen molar-refractivity contribution >= 4 is 17.8 Å². The second-order valence-corrected chi connectivity index (χ2v) is 9.48. The van der Waals surface area contributed by atoms with Crippen molar-refractivity contribution < 1.29 is 37.1 Å². The van der Waals surface area contributed by atoms with E-state index in [0.717, 1.165) is 38.2 Å². The van der Waals surface area contributed by atoms with Gasteiger partial charge in [0, 0.05) is 44.2 Å². The smallest absolute Gasteiger partial charge is 0.475 e. The Bertz CT molecular complexity index is 890. The molecule has 184 valence electrons. The number of fused-ring (bicyclic) bond motifs is 2. The molecule has 3 aliphatic heterocycles. The summed E-state index contributed by atoms with van der Waals surface area (Å²) >= 11 is 0. The summed E-state index contributed by atoms with van der Waals surface area (Å²) in [5.41, 5.74) is -0.136. The number of carboxylic acids is 1. The van der Waals surface area contributed by atoms with Crippen molar-refractivity contribution in [1.29, 1.82) is 0 Å². The van der Waals surface area contributed by atoms with Gasteiger partial charge in [-0.05, 0) is 37.8 Å². The molecule has 4 rings (SSSR count). The van der Waals surface area contributed by atoms with Crippen LogP contribution in [0.3, 0.4) is 0 Å². The summed E-state index contributed by atoms with van der Waals surface area (Å²) in [6.45, 7) is 10.6. The van der Waals surface area contributed by atoms with Crippen molar-refractivity contribution in [1.82, 2.24) is 15.1 Å². The van der Waals surface area contributed by atoms with Gasteiger partial charge in [-0.15, -0.1) is 0 Å². The minimum Gasteiger partial charge on any atom is -0.475 e. The highest BCUT2D eigenvalue weighted by Gasteiger charge is 2.57. The lowest BCUT2D eigenvalue weighted by Crippen LogP contribution is -2.56. The number of amides is 2. The van der Waals surface area contributed by atoms with Gasteiger partial charge in [0.05, 0.1) is 5.92 Å². The van der Waals surface area contributed by atoms with Gasteiger partial charge in [0.25, 0.3) is 5.91 Å². The van der Waals surface area contributed by atoms with Crippen molar-refractivity contribution in [3.63, 3.8) is 0 Å². The third kappa shape index (κ3) is 5.51. The Morgan fingerprint density at radius 3 is 2.33 bits per heavy atom. The van der Waals surface area contributed by atoms with E-state index in [4.69, 9.17) is 14.3 Å². The maximum absolute atomic E-state index is 12.6. The van der Waals surface area contributed by atoms with E-state index >= 15 is 0 Å². The highest BCUT2D eigenvalue weighted by atomic mass is 19.4. The van der Waals surface area contributed by atoms with E-state index in [1.807, 2.05) is 17.9 Å². The maximum atomic E-state index is 12.6. The normalized spacial score (nSPS) is 24.5. The number of furan rings is 1. The quantitative estimate of drug-likeness (QED) is 0.700. The fourth-order valence-corrected chi connectivity index (χ4v) is 5.12. The Labute approximate surface area is 190 Å². The molecule has 1 aromatic rings. The molecule has 2 amide bonds. The lowest BCUT2D eigenvalue weighted by molar-refractivity contribution is -0.192. The Balaban J connectivity index is 0.000000383. The van der Waals surface area contributed by atoms with Crippen molar-refractivity contribution in [2.75, 3.05) is 32.7 Å². The Kier molecular flexibility index (Phi) is 7.11. The number of likely N-dealkylation sites (tertiary alicyclic amines) is 2. The maximum Gasteiger partial charge on any atom is 0.490 e. The number of piperidine rings is 1. The number of aryl methyl sites for hydroxylation is 1. The standard InChI is InChI=1S/C20H29N3O3.C2HF3O2/c1-13(2)10-22-11-15-16(12-22)20(21-18(15)24)6-8-23(9-7-20)19(25)17-5-4-14(3)26-17;3-2(4,5)1(6)7/h4-5,13,15-16H,6-12H2,1-3H3,(H,21,24);(H,6,7)/t15-,16+;/m1./s1. The van der Waals surface area contributed by atoms with Crippen LogP contribution in [0.5, 0.6) is 0 Å². The zero-order valence-corrected chi connectivity index (χ0v) is 18.9. The van der Waals surface area contributed by atoms with Crippen molar-refractivity contribution in [2.24, 2.45) is 17.8 Å². The van der Waals surface area contributed by atoms with Gasteiger partial charge in [-0.2, -0.15) is 13.2 Å². The van der Waals surface area contributed by atoms with Crippen molar-refractivity contribution in [2.45, 2.75) is 45.3 Å². The third-order valence-electron chi connectivity index (χ3n) is 6.57. The minimum absolute atomic E-state index is 0.0401. The molecule has 0 aliphatic carbocycles. The summed E-state index contributed by atoms with van der Waals surface area (Å²) in [7, 11) is 0. The van der Waals surface area contributed by atoms with Crippen LogP contribution in [0.1, 0.15) is 43.0 Å². The first kappa shape index (κ1) is 25.1. The fourth-order valence-electron chi connectivity index (χ4n) is 5.12. The first-order valence-electron chi connectivity index (χ1n) is 11.0. The number of rotatable bonds is 3. The van der Waals surface area contributed by atoms with Crippen LogP contribution in [-0.2, 0) is 9.59 Å². The van der Waals surface area contributed by atoms with E-state index < -0.39 is 12.1 Å².